The first-order chi connectivity index (χ1) is 12.3. The predicted molar refractivity (Wildman–Crippen MR) is 106 cm³/mol. The number of rotatable bonds is 4. The quantitative estimate of drug-likeness (QED) is 0.653. The highest BCUT2D eigenvalue weighted by Gasteiger charge is 2.46. The van der Waals surface area contributed by atoms with E-state index in [0.29, 0.717) is 6.61 Å². The molecular weight excluding hydrogens is 394 g/mol. The molecule has 2 atom stereocenters. The molecule has 4 nitrogen and oxygen atoms in total. The lowest BCUT2D eigenvalue weighted by Gasteiger charge is -2.46. The van der Waals surface area contributed by atoms with Crippen LogP contribution < -0.4 is 10.1 Å². The zero-order valence-corrected chi connectivity index (χ0v) is 17.1. The van der Waals surface area contributed by atoms with Crippen LogP contribution in [0.4, 0.5) is 5.69 Å². The van der Waals surface area contributed by atoms with Gasteiger partial charge in [-0.05, 0) is 42.8 Å². The molecule has 1 aliphatic rings. The number of hydrogen-bond donors (Lipinski definition) is 1. The Hall–Kier alpha value is -2.01. The minimum absolute atomic E-state index is 0.00499. The van der Waals surface area contributed by atoms with Crippen LogP contribution in [0.1, 0.15) is 51.0 Å². The largest absolute Gasteiger partial charge is 0.494 e. The molecule has 2 aromatic rings. The van der Waals surface area contributed by atoms with Crippen molar-refractivity contribution in [2.45, 2.75) is 39.8 Å². The summed E-state index contributed by atoms with van der Waals surface area (Å²) < 4.78 is 12.5. The number of ether oxygens (including phenoxy) is 2. The average Bonchev–Trinajstić information content (AvgIpc) is 2.58. The lowest BCUT2D eigenvalue weighted by molar-refractivity contribution is -0.154. The SMILES string of the molecule is CCOc1ccc2c(c1)[C@H](OC(C)=O)C(C)(C)[C@@H](c1ccc(Br)cc1)N2. The van der Waals surface area contributed by atoms with Crippen molar-refractivity contribution in [3.63, 3.8) is 0 Å². The van der Waals surface area contributed by atoms with Gasteiger partial charge in [0.2, 0.25) is 0 Å². The third-order valence-corrected chi connectivity index (χ3v) is 5.35. The van der Waals surface area contributed by atoms with Gasteiger partial charge in [0.15, 0.2) is 0 Å². The van der Waals surface area contributed by atoms with Gasteiger partial charge in [-0.25, -0.2) is 0 Å². The fourth-order valence-electron chi connectivity index (χ4n) is 3.59. The lowest BCUT2D eigenvalue weighted by Crippen LogP contribution is -2.40. The van der Waals surface area contributed by atoms with Crippen molar-refractivity contribution >= 4 is 27.6 Å². The highest BCUT2D eigenvalue weighted by molar-refractivity contribution is 9.10. The first kappa shape index (κ1) is 18.8. The molecule has 0 spiro atoms. The number of esters is 1. The van der Waals surface area contributed by atoms with Crippen molar-refractivity contribution in [1.29, 1.82) is 0 Å². The van der Waals surface area contributed by atoms with E-state index in [4.69, 9.17) is 9.47 Å². The summed E-state index contributed by atoms with van der Waals surface area (Å²) in [5.41, 5.74) is 2.71. The Kier molecular flexibility index (Phi) is 5.28. The molecule has 0 amide bonds. The molecular formula is C21H24BrNO3. The Bertz CT molecular complexity index is 801. The van der Waals surface area contributed by atoms with E-state index < -0.39 is 0 Å². The second-order valence-electron chi connectivity index (χ2n) is 7.12. The van der Waals surface area contributed by atoms with E-state index in [2.05, 4.69) is 47.2 Å². The normalized spacial score (nSPS) is 20.7. The highest BCUT2D eigenvalue weighted by atomic mass is 79.9. The van der Waals surface area contributed by atoms with Gasteiger partial charge in [-0.2, -0.15) is 0 Å². The van der Waals surface area contributed by atoms with Gasteiger partial charge < -0.3 is 14.8 Å². The predicted octanol–water partition coefficient (Wildman–Crippen LogP) is 5.65. The van der Waals surface area contributed by atoms with Crippen LogP contribution in [-0.2, 0) is 9.53 Å². The van der Waals surface area contributed by atoms with Crippen molar-refractivity contribution in [1.82, 2.24) is 0 Å². The minimum Gasteiger partial charge on any atom is -0.494 e. The van der Waals surface area contributed by atoms with Crippen molar-refractivity contribution < 1.29 is 14.3 Å². The molecule has 1 N–H and O–H groups in total. The molecule has 0 unspecified atom stereocenters. The summed E-state index contributed by atoms with van der Waals surface area (Å²) in [6.45, 7) is 8.25. The summed E-state index contributed by atoms with van der Waals surface area (Å²) in [6.07, 6.45) is -0.370. The lowest BCUT2D eigenvalue weighted by atomic mass is 9.70. The van der Waals surface area contributed by atoms with Gasteiger partial charge in [0.25, 0.3) is 0 Å². The number of anilines is 1. The van der Waals surface area contributed by atoms with Crippen LogP contribution in [0.5, 0.6) is 5.75 Å². The first-order valence-electron chi connectivity index (χ1n) is 8.79. The zero-order chi connectivity index (χ0) is 18.9. The monoisotopic (exact) mass is 417 g/mol. The Morgan fingerprint density at radius 2 is 1.88 bits per heavy atom. The number of nitrogens with one attached hydrogen (secondary N) is 1. The van der Waals surface area contributed by atoms with Crippen LogP contribution in [0.15, 0.2) is 46.9 Å². The van der Waals surface area contributed by atoms with Crippen molar-refractivity contribution in [2.75, 3.05) is 11.9 Å². The van der Waals surface area contributed by atoms with E-state index in [1.54, 1.807) is 0 Å². The molecule has 0 fully saturated rings. The molecule has 0 bridgehead atoms. The minimum atomic E-state index is -0.370. The summed E-state index contributed by atoms with van der Waals surface area (Å²) >= 11 is 3.49. The molecule has 0 saturated heterocycles. The fraction of sp³-hybridized carbons (Fsp3) is 0.381. The first-order valence-corrected chi connectivity index (χ1v) is 9.58. The molecule has 0 saturated carbocycles. The van der Waals surface area contributed by atoms with Gasteiger partial charge in [0.05, 0.1) is 12.6 Å². The van der Waals surface area contributed by atoms with Crippen molar-refractivity contribution in [3.05, 3.63) is 58.1 Å². The van der Waals surface area contributed by atoms with E-state index in [0.717, 1.165) is 27.0 Å². The van der Waals surface area contributed by atoms with Gasteiger partial charge in [-0.1, -0.05) is 41.9 Å². The Labute approximate surface area is 163 Å². The maximum Gasteiger partial charge on any atom is 0.303 e. The van der Waals surface area contributed by atoms with Crippen LogP contribution in [0, 0.1) is 5.41 Å². The number of benzene rings is 2. The molecule has 3 rings (SSSR count). The average molecular weight is 418 g/mol. The summed E-state index contributed by atoms with van der Waals surface area (Å²) in [7, 11) is 0. The maximum atomic E-state index is 11.8. The van der Waals surface area contributed by atoms with Gasteiger partial charge in [-0.15, -0.1) is 0 Å². The number of carbonyl (C=O) groups is 1. The van der Waals surface area contributed by atoms with Crippen LogP contribution in [0.2, 0.25) is 0 Å². The van der Waals surface area contributed by atoms with Gasteiger partial charge in [0, 0.05) is 28.1 Å². The molecule has 0 aromatic heterocycles. The van der Waals surface area contributed by atoms with E-state index in [1.807, 2.05) is 37.3 Å². The molecule has 0 aliphatic carbocycles. The molecule has 5 heteroatoms. The highest BCUT2D eigenvalue weighted by Crippen LogP contribution is 2.53. The molecule has 0 radical (unpaired) electrons. The molecule has 2 aromatic carbocycles. The summed E-state index contributed by atoms with van der Waals surface area (Å²) in [5, 5.41) is 3.63. The maximum absolute atomic E-state index is 11.8. The summed E-state index contributed by atoms with van der Waals surface area (Å²) in [6, 6.07) is 14.2. The standard InChI is InChI=1S/C21H24BrNO3/c1-5-25-16-10-11-18-17(12-16)20(26-13(2)24)21(3,4)19(23-18)14-6-8-15(22)9-7-14/h6-12,19-20,23H,5H2,1-4H3/t19-,20+/m1/s1. The second kappa shape index (κ2) is 7.31. The molecule has 26 heavy (non-hydrogen) atoms. The third kappa shape index (κ3) is 3.58. The zero-order valence-electron chi connectivity index (χ0n) is 15.5. The van der Waals surface area contributed by atoms with Crippen LogP contribution in [0.3, 0.4) is 0 Å². The number of hydrogen-bond acceptors (Lipinski definition) is 4. The Balaban J connectivity index is 2.08. The summed E-state index contributed by atoms with van der Waals surface area (Å²) in [4.78, 5) is 11.8. The van der Waals surface area contributed by atoms with Crippen LogP contribution in [0.25, 0.3) is 0 Å². The smallest absolute Gasteiger partial charge is 0.303 e. The van der Waals surface area contributed by atoms with Crippen LogP contribution >= 0.6 is 15.9 Å². The molecule has 1 heterocycles. The van der Waals surface area contributed by atoms with Crippen LogP contribution in [-0.4, -0.2) is 12.6 Å². The number of carbonyl (C=O) groups excluding carboxylic acids is 1. The number of halogens is 1. The summed E-state index contributed by atoms with van der Waals surface area (Å²) in [5.74, 6) is 0.496. The van der Waals surface area contributed by atoms with Crippen molar-refractivity contribution in [2.24, 2.45) is 5.41 Å². The van der Waals surface area contributed by atoms with E-state index in [9.17, 15) is 4.79 Å². The van der Waals surface area contributed by atoms with E-state index in [-0.39, 0.29) is 23.5 Å². The molecule has 1 aliphatic heterocycles. The Morgan fingerprint density at radius 3 is 2.50 bits per heavy atom. The topological polar surface area (TPSA) is 47.6 Å². The van der Waals surface area contributed by atoms with E-state index in [1.165, 1.54) is 6.92 Å². The van der Waals surface area contributed by atoms with Gasteiger partial charge in [-0.3, -0.25) is 4.79 Å². The van der Waals surface area contributed by atoms with Crippen molar-refractivity contribution in [3.8, 4) is 5.75 Å². The van der Waals surface area contributed by atoms with Gasteiger partial charge in [0.1, 0.15) is 11.9 Å². The Morgan fingerprint density at radius 1 is 1.19 bits per heavy atom. The van der Waals surface area contributed by atoms with Gasteiger partial charge >= 0.3 is 5.97 Å². The third-order valence-electron chi connectivity index (χ3n) is 4.82. The number of fused-ring (bicyclic) bond motifs is 1. The second-order valence-corrected chi connectivity index (χ2v) is 8.04. The fourth-order valence-corrected chi connectivity index (χ4v) is 3.85. The van der Waals surface area contributed by atoms with E-state index >= 15 is 0 Å². The molecule has 138 valence electrons.